The van der Waals surface area contributed by atoms with Gasteiger partial charge >= 0.3 is 0 Å². The van der Waals surface area contributed by atoms with Crippen LogP contribution in [0.15, 0.2) is 18.2 Å². The van der Waals surface area contributed by atoms with Crippen LogP contribution in [0.5, 0.6) is 11.5 Å². The number of likely N-dealkylation sites (tertiary alicyclic amines) is 1. The highest BCUT2D eigenvalue weighted by molar-refractivity contribution is 5.95. The Labute approximate surface area is 112 Å². The zero-order valence-electron chi connectivity index (χ0n) is 10.9. The van der Waals surface area contributed by atoms with Crippen LogP contribution in [0.1, 0.15) is 23.2 Å². The molecule has 2 heterocycles. The van der Waals surface area contributed by atoms with Gasteiger partial charge in [0.15, 0.2) is 11.5 Å². The van der Waals surface area contributed by atoms with E-state index in [0.717, 1.165) is 25.9 Å². The second kappa shape index (κ2) is 5.09. The summed E-state index contributed by atoms with van der Waals surface area (Å²) in [5, 5.41) is 0. The molecular weight excluding hydrogens is 246 g/mol. The van der Waals surface area contributed by atoms with Crippen LogP contribution >= 0.6 is 0 Å². The van der Waals surface area contributed by atoms with Gasteiger partial charge in [-0.2, -0.15) is 0 Å². The Morgan fingerprint density at radius 1 is 1.26 bits per heavy atom. The van der Waals surface area contributed by atoms with Gasteiger partial charge in [0.2, 0.25) is 6.79 Å². The molecule has 0 aliphatic carbocycles. The smallest absolute Gasteiger partial charge is 0.253 e. The van der Waals surface area contributed by atoms with Gasteiger partial charge in [-0.25, -0.2) is 0 Å². The van der Waals surface area contributed by atoms with Crippen LogP contribution in [-0.4, -0.2) is 43.9 Å². The van der Waals surface area contributed by atoms with Crippen molar-refractivity contribution in [2.75, 3.05) is 27.0 Å². The van der Waals surface area contributed by atoms with Crippen molar-refractivity contribution >= 4 is 5.91 Å². The van der Waals surface area contributed by atoms with Crippen LogP contribution < -0.4 is 9.47 Å². The van der Waals surface area contributed by atoms with Crippen molar-refractivity contribution in [3.05, 3.63) is 23.8 Å². The molecule has 2 aliphatic rings. The summed E-state index contributed by atoms with van der Waals surface area (Å²) in [5.41, 5.74) is 0.653. The minimum atomic E-state index is 0.0489. The minimum Gasteiger partial charge on any atom is -0.454 e. The third-order valence-corrected chi connectivity index (χ3v) is 3.68. The van der Waals surface area contributed by atoms with E-state index in [2.05, 4.69) is 0 Å². The van der Waals surface area contributed by atoms with E-state index in [1.165, 1.54) is 0 Å². The van der Waals surface area contributed by atoms with Crippen molar-refractivity contribution in [1.29, 1.82) is 0 Å². The quantitative estimate of drug-likeness (QED) is 0.814. The number of hydrogen-bond donors (Lipinski definition) is 0. The van der Waals surface area contributed by atoms with Gasteiger partial charge in [-0.15, -0.1) is 0 Å². The van der Waals surface area contributed by atoms with Gasteiger partial charge < -0.3 is 19.1 Å². The predicted molar refractivity (Wildman–Crippen MR) is 68.5 cm³/mol. The summed E-state index contributed by atoms with van der Waals surface area (Å²) >= 11 is 0. The Morgan fingerprint density at radius 2 is 2.00 bits per heavy atom. The molecule has 2 aliphatic heterocycles. The molecule has 0 spiro atoms. The Morgan fingerprint density at radius 3 is 2.74 bits per heavy atom. The third kappa shape index (κ3) is 2.38. The van der Waals surface area contributed by atoms with Crippen LogP contribution in [0.25, 0.3) is 0 Å². The second-order valence-electron chi connectivity index (χ2n) is 4.80. The highest BCUT2D eigenvalue weighted by Crippen LogP contribution is 2.33. The normalized spacial score (nSPS) is 18.7. The summed E-state index contributed by atoms with van der Waals surface area (Å²) in [6.07, 6.45) is 2.07. The number of carbonyl (C=O) groups excluding carboxylic acids is 1. The molecule has 0 atom stereocenters. The van der Waals surface area contributed by atoms with Gasteiger partial charge in [-0.1, -0.05) is 0 Å². The lowest BCUT2D eigenvalue weighted by atomic mass is 10.1. The van der Waals surface area contributed by atoms with Crippen molar-refractivity contribution < 1.29 is 19.0 Å². The topological polar surface area (TPSA) is 48.0 Å². The van der Waals surface area contributed by atoms with E-state index in [1.54, 1.807) is 25.3 Å². The summed E-state index contributed by atoms with van der Waals surface area (Å²) in [6.45, 7) is 1.71. The molecule has 1 fully saturated rings. The molecule has 0 saturated carbocycles. The molecule has 0 aromatic heterocycles. The SMILES string of the molecule is COC1CCN(C(=O)c2ccc3c(c2)OCO3)CC1. The highest BCUT2D eigenvalue weighted by atomic mass is 16.7. The van der Waals surface area contributed by atoms with E-state index in [-0.39, 0.29) is 18.8 Å². The van der Waals surface area contributed by atoms with Gasteiger partial charge in [0.1, 0.15) is 0 Å². The molecule has 1 aromatic rings. The molecular formula is C14H17NO4. The van der Waals surface area contributed by atoms with E-state index < -0.39 is 0 Å². The number of benzene rings is 1. The average Bonchev–Trinajstić information content (AvgIpc) is 2.94. The Kier molecular flexibility index (Phi) is 3.29. The van der Waals surface area contributed by atoms with Crippen molar-refractivity contribution in [2.24, 2.45) is 0 Å². The lowest BCUT2D eigenvalue weighted by molar-refractivity contribution is 0.0350. The monoisotopic (exact) mass is 263 g/mol. The first kappa shape index (κ1) is 12.3. The number of amides is 1. The molecule has 5 heteroatoms. The molecule has 1 aromatic carbocycles. The molecule has 1 amide bonds. The second-order valence-corrected chi connectivity index (χ2v) is 4.80. The first-order valence-electron chi connectivity index (χ1n) is 6.49. The van der Waals surface area contributed by atoms with Crippen LogP contribution in [-0.2, 0) is 4.74 Å². The fourth-order valence-electron chi connectivity index (χ4n) is 2.51. The zero-order chi connectivity index (χ0) is 13.2. The summed E-state index contributed by atoms with van der Waals surface area (Å²) in [5.74, 6) is 1.40. The molecule has 0 unspecified atom stereocenters. The van der Waals surface area contributed by atoms with Gasteiger partial charge in [-0.3, -0.25) is 4.79 Å². The fraction of sp³-hybridized carbons (Fsp3) is 0.500. The summed E-state index contributed by atoms with van der Waals surface area (Å²) in [6, 6.07) is 5.34. The first-order valence-corrected chi connectivity index (χ1v) is 6.49. The summed E-state index contributed by atoms with van der Waals surface area (Å²) in [4.78, 5) is 14.3. The predicted octanol–water partition coefficient (Wildman–Crippen LogP) is 1.67. The van der Waals surface area contributed by atoms with E-state index in [0.29, 0.717) is 17.1 Å². The Hall–Kier alpha value is -1.75. The maximum Gasteiger partial charge on any atom is 0.253 e. The van der Waals surface area contributed by atoms with Gasteiger partial charge in [0.25, 0.3) is 5.91 Å². The number of rotatable bonds is 2. The lowest BCUT2D eigenvalue weighted by Crippen LogP contribution is -2.40. The number of hydrogen-bond acceptors (Lipinski definition) is 4. The van der Waals surface area contributed by atoms with Crippen LogP contribution in [0.4, 0.5) is 0 Å². The summed E-state index contributed by atoms with van der Waals surface area (Å²) in [7, 11) is 1.72. The van der Waals surface area contributed by atoms with Gasteiger partial charge in [-0.05, 0) is 31.0 Å². The van der Waals surface area contributed by atoms with Crippen molar-refractivity contribution in [3.63, 3.8) is 0 Å². The summed E-state index contributed by atoms with van der Waals surface area (Å²) < 4.78 is 15.9. The van der Waals surface area contributed by atoms with E-state index >= 15 is 0 Å². The Bertz CT molecular complexity index is 480. The van der Waals surface area contributed by atoms with Crippen LogP contribution in [0.3, 0.4) is 0 Å². The molecule has 19 heavy (non-hydrogen) atoms. The molecule has 0 radical (unpaired) electrons. The van der Waals surface area contributed by atoms with E-state index in [1.807, 2.05) is 4.90 Å². The molecule has 0 bridgehead atoms. The average molecular weight is 263 g/mol. The number of carbonyl (C=O) groups is 1. The largest absolute Gasteiger partial charge is 0.454 e. The zero-order valence-corrected chi connectivity index (χ0v) is 10.9. The number of nitrogens with zero attached hydrogens (tertiary/aromatic N) is 1. The maximum atomic E-state index is 12.4. The van der Waals surface area contributed by atoms with Gasteiger partial charge in [0, 0.05) is 25.8 Å². The molecule has 102 valence electrons. The Balaban J connectivity index is 1.70. The lowest BCUT2D eigenvalue weighted by Gasteiger charge is -2.31. The molecule has 1 saturated heterocycles. The number of ether oxygens (including phenoxy) is 3. The standard InChI is InChI=1S/C14H17NO4/c1-17-11-4-6-15(7-5-11)14(16)10-2-3-12-13(8-10)19-9-18-12/h2-3,8,11H,4-7,9H2,1H3. The highest BCUT2D eigenvalue weighted by Gasteiger charge is 2.24. The molecule has 5 nitrogen and oxygen atoms in total. The number of piperidine rings is 1. The third-order valence-electron chi connectivity index (χ3n) is 3.68. The number of methoxy groups -OCH3 is 1. The van der Waals surface area contributed by atoms with E-state index in [4.69, 9.17) is 14.2 Å². The fourth-order valence-corrected chi connectivity index (χ4v) is 2.51. The first-order chi connectivity index (χ1) is 9.28. The maximum absolute atomic E-state index is 12.4. The van der Waals surface area contributed by atoms with Crippen molar-refractivity contribution in [2.45, 2.75) is 18.9 Å². The van der Waals surface area contributed by atoms with Crippen LogP contribution in [0, 0.1) is 0 Å². The molecule has 3 rings (SSSR count). The van der Waals surface area contributed by atoms with Crippen LogP contribution in [0.2, 0.25) is 0 Å². The number of fused-ring (bicyclic) bond motifs is 1. The minimum absolute atomic E-state index is 0.0489. The van der Waals surface area contributed by atoms with Crippen molar-refractivity contribution in [3.8, 4) is 11.5 Å². The van der Waals surface area contributed by atoms with Gasteiger partial charge in [0.05, 0.1) is 6.10 Å². The molecule has 0 N–H and O–H groups in total. The van der Waals surface area contributed by atoms with Crippen molar-refractivity contribution in [1.82, 2.24) is 4.90 Å². The van der Waals surface area contributed by atoms with E-state index in [9.17, 15) is 4.79 Å².